The van der Waals surface area contributed by atoms with Crippen molar-refractivity contribution in [2.45, 2.75) is 31.1 Å². The molecule has 2 N–H and O–H groups in total. The zero-order chi connectivity index (χ0) is 20.2. The Bertz CT molecular complexity index is 874. The Morgan fingerprint density at radius 1 is 1.24 bits per heavy atom. The molecular formula is C20H24FN5O2S. The number of nitrogens with one attached hydrogen (secondary N) is 2. The molecule has 0 amide bonds. The van der Waals surface area contributed by atoms with Gasteiger partial charge >= 0.3 is 0 Å². The van der Waals surface area contributed by atoms with Gasteiger partial charge in [-0.05, 0) is 30.7 Å². The van der Waals surface area contributed by atoms with E-state index in [1.165, 1.54) is 36.0 Å². The van der Waals surface area contributed by atoms with Crippen LogP contribution in [0.25, 0.3) is 0 Å². The number of thioether (sulfide) groups is 1. The molecule has 4 rings (SSSR count). The van der Waals surface area contributed by atoms with Crippen molar-refractivity contribution in [2.24, 2.45) is 0 Å². The smallest absolute Gasteiger partial charge is 0.191 e. The van der Waals surface area contributed by atoms with Crippen LogP contribution in [0.2, 0.25) is 0 Å². The number of nitrogens with zero attached hydrogens (tertiary/aromatic N) is 3. The standard InChI is InChI=1S/C20H24FN5O2S/c1-2-16-22-17-18(23-16)24-20(25-19(17)26-8-10-28-11-9-26)29-12-7-15(27)13-3-5-14(21)6-4-13/h3-6,16,22H,2,7-12H2,1H3,(H,23,24,25). The van der Waals surface area contributed by atoms with Crippen molar-refractivity contribution in [3.05, 3.63) is 35.6 Å². The third-order valence-corrected chi connectivity index (χ3v) is 5.79. The van der Waals surface area contributed by atoms with Crippen LogP contribution in [0.4, 0.5) is 21.7 Å². The van der Waals surface area contributed by atoms with Crippen LogP contribution < -0.4 is 15.5 Å². The van der Waals surface area contributed by atoms with Crippen LogP contribution in [0, 0.1) is 5.82 Å². The summed E-state index contributed by atoms with van der Waals surface area (Å²) in [6.07, 6.45) is 1.40. The maximum Gasteiger partial charge on any atom is 0.191 e. The summed E-state index contributed by atoms with van der Waals surface area (Å²) in [4.78, 5) is 23.9. The van der Waals surface area contributed by atoms with Crippen molar-refractivity contribution >= 4 is 34.9 Å². The number of morpholine rings is 1. The van der Waals surface area contributed by atoms with Gasteiger partial charge in [0.2, 0.25) is 0 Å². The van der Waals surface area contributed by atoms with Gasteiger partial charge in [0.25, 0.3) is 0 Å². The predicted octanol–water partition coefficient (Wildman–Crippen LogP) is 3.39. The Hall–Kier alpha value is -2.39. The second kappa shape index (κ2) is 8.96. The zero-order valence-corrected chi connectivity index (χ0v) is 17.1. The predicted molar refractivity (Wildman–Crippen MR) is 112 cm³/mol. The van der Waals surface area contributed by atoms with Crippen molar-refractivity contribution < 1.29 is 13.9 Å². The summed E-state index contributed by atoms with van der Waals surface area (Å²) < 4.78 is 18.5. The van der Waals surface area contributed by atoms with Gasteiger partial charge in [-0.25, -0.2) is 14.4 Å². The highest BCUT2D eigenvalue weighted by Crippen LogP contribution is 2.38. The van der Waals surface area contributed by atoms with E-state index >= 15 is 0 Å². The van der Waals surface area contributed by atoms with E-state index in [0.29, 0.717) is 36.1 Å². The second-order valence-electron chi connectivity index (χ2n) is 6.93. The molecule has 2 aliphatic rings. The van der Waals surface area contributed by atoms with Crippen LogP contribution in [0.1, 0.15) is 30.1 Å². The molecule has 0 spiro atoms. The minimum Gasteiger partial charge on any atom is -0.378 e. The number of rotatable bonds is 7. The number of carbonyl (C=O) groups excluding carboxylic acids is 1. The molecule has 2 aliphatic heterocycles. The highest BCUT2D eigenvalue weighted by Gasteiger charge is 2.28. The highest BCUT2D eigenvalue weighted by atomic mass is 32.2. The number of carbonyl (C=O) groups is 1. The van der Waals surface area contributed by atoms with Gasteiger partial charge in [-0.2, -0.15) is 0 Å². The molecule has 3 heterocycles. The summed E-state index contributed by atoms with van der Waals surface area (Å²) in [5.74, 6) is 1.89. The lowest BCUT2D eigenvalue weighted by Crippen LogP contribution is -2.37. The van der Waals surface area contributed by atoms with E-state index in [2.05, 4.69) is 27.4 Å². The second-order valence-corrected chi connectivity index (χ2v) is 7.99. The van der Waals surface area contributed by atoms with Crippen LogP contribution in [0.15, 0.2) is 29.4 Å². The van der Waals surface area contributed by atoms with Crippen LogP contribution in [0.3, 0.4) is 0 Å². The third-order valence-electron chi connectivity index (χ3n) is 4.94. The van der Waals surface area contributed by atoms with Crippen molar-refractivity contribution in [3.63, 3.8) is 0 Å². The van der Waals surface area contributed by atoms with Gasteiger partial charge < -0.3 is 20.3 Å². The molecule has 0 saturated carbocycles. The van der Waals surface area contributed by atoms with Gasteiger partial charge in [-0.15, -0.1) is 0 Å². The van der Waals surface area contributed by atoms with E-state index in [1.54, 1.807) is 0 Å². The Labute approximate surface area is 173 Å². The van der Waals surface area contributed by atoms with E-state index in [4.69, 9.17) is 9.72 Å². The lowest BCUT2D eigenvalue weighted by atomic mass is 10.1. The molecule has 1 aromatic heterocycles. The van der Waals surface area contributed by atoms with E-state index in [9.17, 15) is 9.18 Å². The normalized spacial score (nSPS) is 18.1. The molecule has 1 aromatic carbocycles. The molecule has 1 unspecified atom stereocenters. The van der Waals surface area contributed by atoms with Crippen LogP contribution in [-0.4, -0.2) is 54.0 Å². The minimum atomic E-state index is -0.343. The third kappa shape index (κ3) is 4.62. The molecule has 1 saturated heterocycles. The molecule has 29 heavy (non-hydrogen) atoms. The summed E-state index contributed by atoms with van der Waals surface area (Å²) >= 11 is 1.46. The van der Waals surface area contributed by atoms with Crippen LogP contribution >= 0.6 is 11.8 Å². The summed E-state index contributed by atoms with van der Waals surface area (Å²) in [5.41, 5.74) is 1.46. The van der Waals surface area contributed by atoms with Gasteiger partial charge in [0.05, 0.1) is 19.4 Å². The Kier molecular flexibility index (Phi) is 6.15. The first-order valence-electron chi connectivity index (χ1n) is 9.83. The summed E-state index contributed by atoms with van der Waals surface area (Å²) in [6.45, 7) is 5.04. The molecular weight excluding hydrogens is 393 g/mol. The molecule has 0 aliphatic carbocycles. The largest absolute Gasteiger partial charge is 0.378 e. The number of anilines is 3. The topological polar surface area (TPSA) is 79.4 Å². The lowest BCUT2D eigenvalue weighted by Gasteiger charge is -2.29. The van der Waals surface area contributed by atoms with Gasteiger partial charge in [0.1, 0.15) is 11.5 Å². The first-order chi connectivity index (χ1) is 14.1. The summed E-state index contributed by atoms with van der Waals surface area (Å²) in [5, 5.41) is 7.51. The van der Waals surface area contributed by atoms with Gasteiger partial charge in [-0.3, -0.25) is 4.79 Å². The summed E-state index contributed by atoms with van der Waals surface area (Å²) in [6, 6.07) is 5.65. The first kappa shape index (κ1) is 19.9. The highest BCUT2D eigenvalue weighted by molar-refractivity contribution is 7.99. The number of aromatic nitrogens is 2. The van der Waals surface area contributed by atoms with E-state index in [0.717, 1.165) is 36.8 Å². The fourth-order valence-electron chi connectivity index (χ4n) is 3.33. The molecule has 0 bridgehead atoms. The van der Waals surface area contributed by atoms with Crippen LogP contribution in [0.5, 0.6) is 0 Å². The number of ketones is 1. The first-order valence-corrected chi connectivity index (χ1v) is 10.8. The van der Waals surface area contributed by atoms with Gasteiger partial charge in [0, 0.05) is 30.8 Å². The zero-order valence-electron chi connectivity index (χ0n) is 16.3. The quantitative estimate of drug-likeness (QED) is 0.403. The summed E-state index contributed by atoms with van der Waals surface area (Å²) in [7, 11) is 0. The number of benzene rings is 1. The molecule has 1 fully saturated rings. The van der Waals surface area contributed by atoms with Crippen molar-refractivity contribution in [1.29, 1.82) is 0 Å². The Balaban J connectivity index is 1.46. The number of hydrogen-bond acceptors (Lipinski definition) is 8. The Morgan fingerprint density at radius 3 is 2.72 bits per heavy atom. The van der Waals surface area contributed by atoms with Gasteiger partial charge in [-0.1, -0.05) is 18.7 Å². The monoisotopic (exact) mass is 417 g/mol. The molecule has 0 radical (unpaired) electrons. The minimum absolute atomic E-state index is 0.0158. The number of halogens is 1. The molecule has 9 heteroatoms. The van der Waals surface area contributed by atoms with Crippen molar-refractivity contribution in [1.82, 2.24) is 9.97 Å². The van der Waals surface area contributed by atoms with Gasteiger partial charge in [0.15, 0.2) is 22.6 Å². The van der Waals surface area contributed by atoms with E-state index in [1.807, 2.05) is 0 Å². The van der Waals surface area contributed by atoms with E-state index in [-0.39, 0.29) is 17.8 Å². The maximum absolute atomic E-state index is 13.0. The maximum atomic E-state index is 13.0. The molecule has 154 valence electrons. The lowest BCUT2D eigenvalue weighted by molar-refractivity contribution is 0.0989. The number of Topliss-reactive ketones (excluding diaryl/α,β-unsaturated/α-hetero) is 1. The van der Waals surface area contributed by atoms with Crippen molar-refractivity contribution in [2.75, 3.05) is 47.6 Å². The average molecular weight is 418 g/mol. The Morgan fingerprint density at radius 2 is 2.00 bits per heavy atom. The van der Waals surface area contributed by atoms with E-state index < -0.39 is 0 Å². The average Bonchev–Trinajstić information content (AvgIpc) is 3.17. The molecule has 7 nitrogen and oxygen atoms in total. The fraction of sp³-hybridized carbons (Fsp3) is 0.450. The number of fused-ring (bicyclic) bond motifs is 1. The SMILES string of the molecule is CCC1Nc2nc(SCCC(=O)c3ccc(F)cc3)nc(N3CCOCC3)c2N1. The van der Waals surface area contributed by atoms with Crippen LogP contribution in [-0.2, 0) is 4.74 Å². The number of ether oxygens (including phenoxy) is 1. The molecule has 2 aromatic rings. The number of hydrogen-bond donors (Lipinski definition) is 2. The van der Waals surface area contributed by atoms with Crippen molar-refractivity contribution in [3.8, 4) is 0 Å². The fourth-order valence-corrected chi connectivity index (χ4v) is 4.11. The molecule has 1 atom stereocenters.